The molecule has 0 aliphatic heterocycles. The zero-order chi connectivity index (χ0) is 46.7. The van der Waals surface area contributed by atoms with Crippen LogP contribution < -0.4 is 0 Å². The van der Waals surface area contributed by atoms with Crippen LogP contribution in [0.15, 0.2) is 97.1 Å². The van der Waals surface area contributed by atoms with Crippen LogP contribution >= 0.6 is 0 Å². The minimum atomic E-state index is -0.369. The number of amides is 2. The Bertz CT molecular complexity index is 1820. The van der Waals surface area contributed by atoms with Crippen molar-refractivity contribution in [3.63, 3.8) is 0 Å². The normalized spacial score (nSPS) is 12.7. The van der Waals surface area contributed by atoms with Crippen LogP contribution in [0.3, 0.4) is 0 Å². The van der Waals surface area contributed by atoms with Crippen molar-refractivity contribution in [2.75, 3.05) is 159 Å². The average Bonchev–Trinajstić information content (AvgIpc) is 3.86. The predicted molar refractivity (Wildman–Crippen MR) is 253 cm³/mol. The van der Waals surface area contributed by atoms with Gasteiger partial charge in [-0.05, 0) is 44.5 Å². The van der Waals surface area contributed by atoms with Gasteiger partial charge in [-0.25, -0.2) is 9.59 Å². The molecule has 4 aromatic rings. The zero-order valence-electron chi connectivity index (χ0n) is 39.2. The topological polar surface area (TPSA) is 142 Å². The summed E-state index contributed by atoms with van der Waals surface area (Å²) in [7, 11) is 3.42. The van der Waals surface area contributed by atoms with Crippen molar-refractivity contribution in [3.8, 4) is 22.3 Å². The smallest absolute Gasteiger partial charge is 0.409 e. The predicted octanol–water partition coefficient (Wildman–Crippen LogP) is 6.90. The van der Waals surface area contributed by atoms with Gasteiger partial charge in [0.1, 0.15) is 13.2 Å². The van der Waals surface area contributed by atoms with E-state index in [-0.39, 0.29) is 24.0 Å². The van der Waals surface area contributed by atoms with Gasteiger partial charge < -0.3 is 61.9 Å². The maximum atomic E-state index is 12.6. The van der Waals surface area contributed by atoms with Crippen LogP contribution in [-0.2, 0) is 52.1 Å². The third-order valence-corrected chi connectivity index (χ3v) is 11.4. The van der Waals surface area contributed by atoms with Crippen LogP contribution in [0.25, 0.3) is 22.3 Å². The maximum absolute atomic E-state index is 12.6. The fourth-order valence-corrected chi connectivity index (χ4v) is 7.86. The Hall–Kier alpha value is -4.94. The molecule has 0 radical (unpaired) electrons. The van der Waals surface area contributed by atoms with E-state index in [1.807, 2.05) is 48.5 Å². The second kappa shape index (κ2) is 29.7. The van der Waals surface area contributed by atoms with Crippen molar-refractivity contribution in [2.45, 2.75) is 11.8 Å². The van der Waals surface area contributed by atoms with E-state index in [4.69, 9.17) is 52.1 Å². The Morgan fingerprint density at radius 2 is 0.552 bits per heavy atom. The van der Waals surface area contributed by atoms with Gasteiger partial charge in [0.25, 0.3) is 0 Å². The molecule has 0 heterocycles. The molecule has 2 aliphatic carbocycles. The summed E-state index contributed by atoms with van der Waals surface area (Å²) < 4.78 is 61.5. The van der Waals surface area contributed by atoms with Crippen LogP contribution in [0.1, 0.15) is 34.1 Å². The molecule has 2 amide bonds. The van der Waals surface area contributed by atoms with E-state index in [1.54, 1.807) is 14.1 Å². The van der Waals surface area contributed by atoms with Crippen molar-refractivity contribution < 1.29 is 61.7 Å². The number of ether oxygens (including phenoxy) is 11. The van der Waals surface area contributed by atoms with E-state index in [2.05, 4.69) is 48.5 Å². The van der Waals surface area contributed by atoms with Gasteiger partial charge in [-0.2, -0.15) is 0 Å². The number of carbonyl (C=O) groups excluding carboxylic acids is 2. The molecule has 15 nitrogen and oxygen atoms in total. The molecule has 67 heavy (non-hydrogen) atoms. The SMILES string of the molecule is CN(CCOCCOCCOCCOCCOCCOCCOCCOCCOCCN(C)C(=O)OCC1c2ccccc2-c2ccccc21)C(=O)OCC1c2ccccc2-c2ccccc21. The van der Waals surface area contributed by atoms with Crippen LogP contribution in [-0.4, -0.2) is 181 Å². The average molecular weight is 929 g/mol. The summed E-state index contributed by atoms with van der Waals surface area (Å²) in [5.74, 6) is 0.0640. The van der Waals surface area contributed by atoms with Crippen molar-refractivity contribution in [1.82, 2.24) is 9.80 Å². The summed E-state index contributed by atoms with van der Waals surface area (Å²) in [6.07, 6.45) is -0.738. The molecule has 15 heteroatoms. The molecule has 0 unspecified atom stereocenters. The molecular weight excluding hydrogens is 861 g/mol. The first kappa shape index (κ1) is 51.5. The number of nitrogens with zero attached hydrogens (tertiary/aromatic N) is 2. The summed E-state index contributed by atoms with van der Waals surface area (Å²) in [6, 6.07) is 33.1. The third-order valence-electron chi connectivity index (χ3n) is 11.4. The number of hydrogen-bond acceptors (Lipinski definition) is 13. The first-order valence-corrected chi connectivity index (χ1v) is 23.3. The molecule has 0 aromatic heterocycles. The molecule has 0 atom stereocenters. The molecule has 364 valence electrons. The van der Waals surface area contributed by atoms with E-state index in [0.717, 1.165) is 0 Å². The molecule has 0 N–H and O–H groups in total. The Morgan fingerprint density at radius 1 is 0.343 bits per heavy atom. The van der Waals surface area contributed by atoms with Gasteiger partial charge in [-0.15, -0.1) is 0 Å². The minimum Gasteiger partial charge on any atom is -0.448 e. The van der Waals surface area contributed by atoms with Crippen molar-refractivity contribution in [2.24, 2.45) is 0 Å². The van der Waals surface area contributed by atoms with E-state index in [1.165, 1.54) is 54.3 Å². The second-order valence-corrected chi connectivity index (χ2v) is 16.0. The van der Waals surface area contributed by atoms with Crippen molar-refractivity contribution >= 4 is 12.2 Å². The van der Waals surface area contributed by atoms with Gasteiger partial charge in [0, 0.05) is 39.0 Å². The summed E-state index contributed by atoms with van der Waals surface area (Å²) >= 11 is 0. The van der Waals surface area contributed by atoms with Crippen LogP contribution in [0, 0.1) is 0 Å². The molecule has 0 spiro atoms. The van der Waals surface area contributed by atoms with Gasteiger partial charge in [0.2, 0.25) is 0 Å². The third kappa shape index (κ3) is 16.7. The summed E-state index contributed by atoms with van der Waals surface area (Å²) in [5, 5.41) is 0. The van der Waals surface area contributed by atoms with Crippen LogP contribution in [0.4, 0.5) is 9.59 Å². The molecule has 0 fully saturated rings. The quantitative estimate of drug-likeness (QED) is 0.0449. The van der Waals surface area contributed by atoms with Gasteiger partial charge in [-0.1, -0.05) is 97.1 Å². The first-order chi connectivity index (χ1) is 33.0. The zero-order valence-corrected chi connectivity index (χ0v) is 39.2. The largest absolute Gasteiger partial charge is 0.448 e. The lowest BCUT2D eigenvalue weighted by Crippen LogP contribution is -2.32. The van der Waals surface area contributed by atoms with E-state index in [9.17, 15) is 9.59 Å². The number of rotatable bonds is 34. The fraction of sp³-hybridized carbons (Fsp3) is 0.500. The Balaban J connectivity index is 0.620. The Morgan fingerprint density at radius 3 is 0.791 bits per heavy atom. The number of benzene rings is 4. The molecule has 0 saturated heterocycles. The van der Waals surface area contributed by atoms with E-state index >= 15 is 0 Å². The highest BCUT2D eigenvalue weighted by molar-refractivity contribution is 5.80. The number of likely N-dealkylation sites (N-methyl/N-ethyl adjacent to an activating group) is 2. The number of hydrogen-bond donors (Lipinski definition) is 0. The summed E-state index contributed by atoms with van der Waals surface area (Å²) in [5.41, 5.74) is 9.56. The summed E-state index contributed by atoms with van der Waals surface area (Å²) in [6.45, 7) is 9.51. The van der Waals surface area contributed by atoms with Gasteiger partial charge in [0.15, 0.2) is 0 Å². The molecular formula is C52H68N2O13. The number of fused-ring (bicyclic) bond motifs is 6. The number of carbonyl (C=O) groups is 2. The Labute approximate surface area is 395 Å². The lowest BCUT2D eigenvalue weighted by molar-refractivity contribution is -0.0253. The van der Waals surface area contributed by atoms with Crippen LogP contribution in [0.2, 0.25) is 0 Å². The van der Waals surface area contributed by atoms with Crippen LogP contribution in [0.5, 0.6) is 0 Å². The molecule has 0 bridgehead atoms. The highest BCUT2D eigenvalue weighted by atomic mass is 16.6. The lowest BCUT2D eigenvalue weighted by atomic mass is 9.98. The molecule has 2 aliphatic rings. The second-order valence-electron chi connectivity index (χ2n) is 16.0. The minimum absolute atomic E-state index is 0.0320. The van der Waals surface area contributed by atoms with Gasteiger partial charge in [0.05, 0.1) is 119 Å². The maximum Gasteiger partial charge on any atom is 0.409 e. The molecule has 0 saturated carbocycles. The van der Waals surface area contributed by atoms with E-state index in [0.29, 0.717) is 145 Å². The Kier molecular flexibility index (Phi) is 22.8. The fourth-order valence-electron chi connectivity index (χ4n) is 7.86. The van der Waals surface area contributed by atoms with Gasteiger partial charge in [-0.3, -0.25) is 0 Å². The summed E-state index contributed by atoms with van der Waals surface area (Å²) in [4.78, 5) is 28.4. The van der Waals surface area contributed by atoms with Crippen molar-refractivity contribution in [1.29, 1.82) is 0 Å². The van der Waals surface area contributed by atoms with E-state index < -0.39 is 0 Å². The monoisotopic (exact) mass is 928 g/mol. The van der Waals surface area contributed by atoms with Gasteiger partial charge >= 0.3 is 12.2 Å². The molecule has 4 aromatic carbocycles. The standard InChI is InChI=1S/C52H68N2O13/c1-53(51(55)66-39-49-45-15-7-3-11-41(45)42-12-4-8-16-46(42)49)19-21-57-23-25-59-27-29-61-31-33-63-35-37-65-38-36-64-34-32-62-30-28-60-26-24-58-22-20-54(2)52(56)67-40-50-47-17-9-5-13-43(47)44-14-6-10-18-48(44)50/h3-18,49-50H,19-40H2,1-2H3. The first-order valence-electron chi connectivity index (χ1n) is 23.3. The highest BCUT2D eigenvalue weighted by Gasteiger charge is 2.30. The highest BCUT2D eigenvalue weighted by Crippen LogP contribution is 2.45. The van der Waals surface area contributed by atoms with Crippen molar-refractivity contribution in [3.05, 3.63) is 119 Å². The lowest BCUT2D eigenvalue weighted by Gasteiger charge is -2.19. The molecule has 6 rings (SSSR count).